The van der Waals surface area contributed by atoms with Crippen LogP contribution in [0.2, 0.25) is 10.0 Å². The van der Waals surface area contributed by atoms with E-state index < -0.39 is 0 Å². The second kappa shape index (κ2) is 7.13. The van der Waals surface area contributed by atoms with Crippen molar-refractivity contribution in [3.8, 4) is 11.3 Å². The average molecular weight is 368 g/mol. The lowest BCUT2D eigenvalue weighted by atomic mass is 9.99. The van der Waals surface area contributed by atoms with E-state index in [0.29, 0.717) is 38.7 Å². The molecule has 1 aromatic carbocycles. The fourth-order valence-corrected chi connectivity index (χ4v) is 3.63. The van der Waals surface area contributed by atoms with E-state index in [0.717, 1.165) is 19.4 Å². The van der Waals surface area contributed by atoms with Gasteiger partial charge < -0.3 is 15.2 Å². The number of piperidine rings is 1. The monoisotopic (exact) mass is 367 g/mol. The molecule has 1 aromatic heterocycles. The highest BCUT2D eigenvalue weighted by Gasteiger charge is 2.27. The number of hydrogen-bond acceptors (Lipinski definition) is 4. The summed E-state index contributed by atoms with van der Waals surface area (Å²) in [5, 5.41) is 11.3. The van der Waals surface area contributed by atoms with Crippen molar-refractivity contribution in [2.75, 3.05) is 6.54 Å². The molecule has 1 saturated heterocycles. The number of aryl methyl sites for hydroxylation is 1. The Morgan fingerprint density at radius 1 is 1.38 bits per heavy atom. The van der Waals surface area contributed by atoms with Crippen molar-refractivity contribution in [2.24, 2.45) is 0 Å². The van der Waals surface area contributed by atoms with Gasteiger partial charge in [0.15, 0.2) is 0 Å². The number of halogens is 2. The highest BCUT2D eigenvalue weighted by molar-refractivity contribution is 6.39. The molecule has 24 heavy (non-hydrogen) atoms. The van der Waals surface area contributed by atoms with Crippen molar-refractivity contribution in [1.82, 2.24) is 15.8 Å². The highest BCUT2D eigenvalue weighted by Crippen LogP contribution is 2.36. The van der Waals surface area contributed by atoms with E-state index in [9.17, 15) is 4.79 Å². The predicted molar refractivity (Wildman–Crippen MR) is 94.6 cm³/mol. The molecule has 1 amide bonds. The first-order valence-electron chi connectivity index (χ1n) is 7.92. The maximum absolute atomic E-state index is 12.8. The molecule has 3 rings (SSSR count). The van der Waals surface area contributed by atoms with Gasteiger partial charge in [-0.3, -0.25) is 4.79 Å². The summed E-state index contributed by atoms with van der Waals surface area (Å²) in [5.74, 6) is 0.235. The number of aromatic nitrogens is 1. The first kappa shape index (κ1) is 17.3. The van der Waals surface area contributed by atoms with Crippen LogP contribution in [0.15, 0.2) is 22.7 Å². The van der Waals surface area contributed by atoms with Gasteiger partial charge in [0.2, 0.25) is 0 Å². The Morgan fingerprint density at radius 2 is 2.08 bits per heavy atom. The van der Waals surface area contributed by atoms with Crippen molar-refractivity contribution in [1.29, 1.82) is 0 Å². The standard InChI is InChI=1S/C17H19Cl2N3O2/c1-9-8-11(6-7-20-9)21-17(23)14-10(2)24-22-16(14)15-12(18)4-3-5-13(15)19/h3-5,9,11,20H,6-8H2,1-2H3,(H,21,23). The van der Waals surface area contributed by atoms with Crippen molar-refractivity contribution >= 4 is 29.1 Å². The van der Waals surface area contributed by atoms with E-state index in [1.807, 2.05) is 0 Å². The molecule has 0 bridgehead atoms. The molecule has 0 spiro atoms. The van der Waals surface area contributed by atoms with Gasteiger partial charge in [-0.05, 0) is 45.4 Å². The van der Waals surface area contributed by atoms with Crippen LogP contribution in [0.5, 0.6) is 0 Å². The lowest BCUT2D eigenvalue weighted by Gasteiger charge is -2.28. The van der Waals surface area contributed by atoms with Crippen molar-refractivity contribution < 1.29 is 9.32 Å². The minimum Gasteiger partial charge on any atom is -0.360 e. The molecule has 0 aliphatic carbocycles. The molecule has 2 unspecified atom stereocenters. The van der Waals surface area contributed by atoms with Crippen LogP contribution in [0.25, 0.3) is 11.3 Å². The molecule has 2 heterocycles. The summed E-state index contributed by atoms with van der Waals surface area (Å²) in [6, 6.07) is 5.67. The zero-order chi connectivity index (χ0) is 17.3. The van der Waals surface area contributed by atoms with Gasteiger partial charge in [0.1, 0.15) is 17.0 Å². The molecule has 1 fully saturated rings. The van der Waals surface area contributed by atoms with Gasteiger partial charge in [-0.25, -0.2) is 0 Å². The minimum atomic E-state index is -0.209. The smallest absolute Gasteiger partial charge is 0.257 e. The van der Waals surface area contributed by atoms with Crippen molar-refractivity contribution in [3.63, 3.8) is 0 Å². The van der Waals surface area contributed by atoms with Gasteiger partial charge in [-0.15, -0.1) is 0 Å². The Bertz CT molecular complexity index is 740. The van der Waals surface area contributed by atoms with E-state index in [2.05, 4.69) is 22.7 Å². The van der Waals surface area contributed by atoms with Gasteiger partial charge in [0.05, 0.1) is 10.0 Å². The fraction of sp³-hybridized carbons (Fsp3) is 0.412. The zero-order valence-electron chi connectivity index (χ0n) is 13.5. The van der Waals surface area contributed by atoms with E-state index in [-0.39, 0.29) is 11.9 Å². The van der Waals surface area contributed by atoms with Crippen LogP contribution in [0.1, 0.15) is 35.9 Å². The number of benzene rings is 1. The summed E-state index contributed by atoms with van der Waals surface area (Å²) in [7, 11) is 0. The van der Waals surface area contributed by atoms with Gasteiger partial charge in [0.25, 0.3) is 5.91 Å². The summed E-state index contributed by atoms with van der Waals surface area (Å²) in [6.07, 6.45) is 1.78. The molecule has 0 radical (unpaired) electrons. The summed E-state index contributed by atoms with van der Waals surface area (Å²) in [6.45, 7) is 4.71. The van der Waals surface area contributed by atoms with Crippen LogP contribution < -0.4 is 10.6 Å². The summed E-state index contributed by atoms with van der Waals surface area (Å²) >= 11 is 12.5. The zero-order valence-corrected chi connectivity index (χ0v) is 15.0. The Morgan fingerprint density at radius 3 is 2.75 bits per heavy atom. The SMILES string of the molecule is Cc1onc(-c2c(Cl)cccc2Cl)c1C(=O)NC1CCNC(C)C1. The first-order chi connectivity index (χ1) is 11.5. The third-order valence-electron chi connectivity index (χ3n) is 4.25. The summed E-state index contributed by atoms with van der Waals surface area (Å²) < 4.78 is 5.25. The average Bonchev–Trinajstić information content (AvgIpc) is 2.89. The van der Waals surface area contributed by atoms with Crippen molar-refractivity contribution in [3.05, 3.63) is 39.6 Å². The molecule has 7 heteroatoms. The largest absolute Gasteiger partial charge is 0.360 e. The molecule has 0 saturated carbocycles. The van der Waals surface area contributed by atoms with Gasteiger partial charge in [-0.1, -0.05) is 34.4 Å². The number of rotatable bonds is 3. The molecule has 1 aliphatic rings. The van der Waals surface area contributed by atoms with E-state index in [1.54, 1.807) is 25.1 Å². The molecule has 2 aromatic rings. The van der Waals surface area contributed by atoms with Crippen LogP contribution in [0, 0.1) is 6.92 Å². The lowest BCUT2D eigenvalue weighted by Crippen LogP contribution is -2.46. The molecular formula is C17H19Cl2N3O2. The molecular weight excluding hydrogens is 349 g/mol. The van der Waals surface area contributed by atoms with Crippen LogP contribution >= 0.6 is 23.2 Å². The quantitative estimate of drug-likeness (QED) is 0.864. The third-order valence-corrected chi connectivity index (χ3v) is 4.88. The first-order valence-corrected chi connectivity index (χ1v) is 8.68. The van der Waals surface area contributed by atoms with E-state index in [1.165, 1.54) is 0 Å². The Labute approximate surface area is 150 Å². The Kier molecular flexibility index (Phi) is 5.13. The molecule has 1 aliphatic heterocycles. The van der Waals surface area contributed by atoms with Crippen molar-refractivity contribution in [2.45, 2.75) is 38.8 Å². The second-order valence-electron chi connectivity index (χ2n) is 6.11. The van der Waals surface area contributed by atoms with Crippen LogP contribution in [-0.4, -0.2) is 29.7 Å². The Balaban J connectivity index is 1.91. The van der Waals surface area contributed by atoms with Crippen LogP contribution in [0.3, 0.4) is 0 Å². The van der Waals surface area contributed by atoms with Gasteiger partial charge in [0, 0.05) is 17.6 Å². The Hall–Kier alpha value is -1.56. The summed E-state index contributed by atoms with van der Waals surface area (Å²) in [5.41, 5.74) is 1.28. The van der Waals surface area contributed by atoms with Gasteiger partial charge >= 0.3 is 0 Å². The summed E-state index contributed by atoms with van der Waals surface area (Å²) in [4.78, 5) is 12.8. The topological polar surface area (TPSA) is 67.2 Å². The normalized spacial score (nSPS) is 20.8. The number of carbonyl (C=O) groups excluding carboxylic acids is 1. The lowest BCUT2D eigenvalue weighted by molar-refractivity contribution is 0.0924. The third kappa shape index (κ3) is 3.43. The number of nitrogens with zero attached hydrogens (tertiary/aromatic N) is 1. The van der Waals surface area contributed by atoms with Crippen LogP contribution in [-0.2, 0) is 0 Å². The second-order valence-corrected chi connectivity index (χ2v) is 6.92. The highest BCUT2D eigenvalue weighted by atomic mass is 35.5. The molecule has 128 valence electrons. The molecule has 2 atom stereocenters. The maximum Gasteiger partial charge on any atom is 0.257 e. The maximum atomic E-state index is 12.8. The van der Waals surface area contributed by atoms with E-state index >= 15 is 0 Å². The van der Waals surface area contributed by atoms with Gasteiger partial charge in [-0.2, -0.15) is 0 Å². The molecule has 5 nitrogen and oxygen atoms in total. The molecule has 2 N–H and O–H groups in total. The predicted octanol–water partition coefficient (Wildman–Crippen LogP) is 3.83. The number of nitrogens with one attached hydrogen (secondary N) is 2. The fourth-order valence-electron chi connectivity index (χ4n) is 3.05. The number of hydrogen-bond donors (Lipinski definition) is 2. The number of carbonyl (C=O) groups is 1. The minimum absolute atomic E-state index is 0.123. The number of amides is 1. The van der Waals surface area contributed by atoms with Crippen LogP contribution in [0.4, 0.5) is 0 Å². The van der Waals surface area contributed by atoms with E-state index in [4.69, 9.17) is 27.7 Å².